The van der Waals surface area contributed by atoms with Crippen LogP contribution in [0.25, 0.3) is 11.3 Å². The van der Waals surface area contributed by atoms with Gasteiger partial charge in [0.15, 0.2) is 5.69 Å². The largest absolute Gasteiger partial charge is 0.477 e. The molecule has 0 bridgehead atoms. The minimum absolute atomic E-state index is 0. The number of hydrogen-bond acceptors (Lipinski definition) is 4. The van der Waals surface area contributed by atoms with Crippen LogP contribution in [0.1, 0.15) is 71.3 Å². The maximum atomic E-state index is 10.8. The molecule has 1 aliphatic heterocycles. The van der Waals surface area contributed by atoms with E-state index in [9.17, 15) is 4.79 Å². The number of carbonyl (C=O) groups is 1. The fraction of sp³-hybridized carbons (Fsp3) is 0.324. The fourth-order valence-electron chi connectivity index (χ4n) is 5.47. The van der Waals surface area contributed by atoms with Gasteiger partial charge in [-0.15, -0.1) is 0 Å². The van der Waals surface area contributed by atoms with E-state index in [-0.39, 0.29) is 31.3 Å². The number of para-hydroxylation sites is 1. The number of carboxylic acids is 1. The summed E-state index contributed by atoms with van der Waals surface area (Å²) in [6, 6.07) is 21.2. The van der Waals surface area contributed by atoms with Gasteiger partial charge in [-0.05, 0) is 44.4 Å². The van der Waals surface area contributed by atoms with E-state index in [4.69, 9.17) is 10.1 Å². The Morgan fingerprint density at radius 2 is 1.66 bits per heavy atom. The number of aromatic carboxylic acids is 1. The van der Waals surface area contributed by atoms with Crippen molar-refractivity contribution in [1.29, 1.82) is 0 Å². The second-order valence-corrected chi connectivity index (χ2v) is 13.8. The first-order chi connectivity index (χ1) is 19.0. The number of rotatable bonds is 2. The van der Waals surface area contributed by atoms with Crippen LogP contribution >= 0.6 is 0 Å². The van der Waals surface area contributed by atoms with Crippen molar-refractivity contribution in [2.75, 3.05) is 4.90 Å². The Morgan fingerprint density at radius 1 is 0.927 bits per heavy atom. The molecule has 6 rings (SSSR count). The van der Waals surface area contributed by atoms with Crippen molar-refractivity contribution < 1.29 is 30.0 Å². The van der Waals surface area contributed by atoms with E-state index in [0.29, 0.717) is 15.0 Å². The molecule has 0 unspecified atom stereocenters. The first-order valence-corrected chi connectivity index (χ1v) is 15.5. The van der Waals surface area contributed by atoms with E-state index in [2.05, 4.69) is 85.3 Å². The summed E-state index contributed by atoms with van der Waals surface area (Å²) in [5.41, 5.74) is 11.3. The van der Waals surface area contributed by atoms with Crippen molar-refractivity contribution >= 4 is 41.2 Å². The smallest absolute Gasteiger partial charge is 0.354 e. The van der Waals surface area contributed by atoms with Crippen LogP contribution in [0, 0.1) is 33.8 Å². The monoisotopic (exact) mass is 791 g/mol. The zero-order chi connectivity index (χ0) is 28.8. The van der Waals surface area contributed by atoms with Gasteiger partial charge in [-0.3, -0.25) is 0 Å². The van der Waals surface area contributed by atoms with Gasteiger partial charge in [0.25, 0.3) is 0 Å². The molecule has 2 aromatic carbocycles. The average molecular weight is 790 g/mol. The molecule has 0 fully saturated rings. The van der Waals surface area contributed by atoms with Crippen molar-refractivity contribution in [3.8, 4) is 11.3 Å². The van der Waals surface area contributed by atoms with E-state index >= 15 is 0 Å². The number of carboxylic acid groups (broad SMARTS) is 1. The third kappa shape index (κ3) is 6.05. The first-order valence-electron chi connectivity index (χ1n) is 13.8. The van der Waals surface area contributed by atoms with Crippen LogP contribution in [0.4, 0.5) is 11.4 Å². The number of nitrogens with zero attached hydrogens (tertiary/aromatic N) is 3. The fourth-order valence-corrected chi connectivity index (χ4v) is 7.72. The van der Waals surface area contributed by atoms with Crippen LogP contribution in [0.2, 0.25) is 0 Å². The topological polar surface area (TPSA) is 66.3 Å². The van der Waals surface area contributed by atoms with Crippen LogP contribution in [-0.2, 0) is 32.9 Å². The summed E-state index contributed by atoms with van der Waals surface area (Å²) in [4.78, 5) is 22.4. The molecule has 7 heteroatoms. The van der Waals surface area contributed by atoms with Crippen LogP contribution in [0.15, 0.2) is 48.5 Å². The van der Waals surface area contributed by atoms with Crippen LogP contribution in [0.5, 0.6) is 0 Å². The number of hydrogen-bond donors (Lipinski definition) is 1. The number of pyridine rings is 2. The van der Waals surface area contributed by atoms with Gasteiger partial charge in [0, 0.05) is 25.8 Å². The second kappa shape index (κ2) is 12.2. The summed E-state index contributed by atoms with van der Waals surface area (Å²) in [6.07, 6.45) is 3.50. The number of benzene rings is 2. The number of anilines is 2. The maximum absolute atomic E-state index is 10.8. The zero-order valence-corrected chi connectivity index (χ0v) is 28.8. The van der Waals surface area contributed by atoms with E-state index in [1.165, 1.54) is 44.4 Å². The molecular formula is C34H36IrN3O2Se-. The van der Waals surface area contributed by atoms with Gasteiger partial charge in [-0.2, -0.15) is 0 Å². The molecule has 0 saturated heterocycles. The molecule has 2 aromatic heterocycles. The molecule has 4 aromatic rings. The minimum atomic E-state index is -0.955. The summed E-state index contributed by atoms with van der Waals surface area (Å²) in [5, 5.41) is 8.84. The van der Waals surface area contributed by atoms with Gasteiger partial charge in [-0.25, -0.2) is 9.78 Å². The van der Waals surface area contributed by atoms with Gasteiger partial charge < -0.3 is 5.11 Å². The van der Waals surface area contributed by atoms with Gasteiger partial charge >= 0.3 is 174 Å². The number of aromatic nitrogens is 2. The molecule has 1 N–H and O–H groups in total. The molecule has 5 nitrogen and oxygen atoms in total. The van der Waals surface area contributed by atoms with Crippen LogP contribution in [-0.4, -0.2) is 41.5 Å². The van der Waals surface area contributed by atoms with E-state index in [0.717, 1.165) is 40.1 Å². The minimum Gasteiger partial charge on any atom is -0.477 e. The Kier molecular flexibility index (Phi) is 9.25. The van der Waals surface area contributed by atoms with Crippen molar-refractivity contribution in [1.82, 2.24) is 9.97 Å². The predicted molar refractivity (Wildman–Crippen MR) is 164 cm³/mol. The quantitative estimate of drug-likeness (QED) is 0.201. The van der Waals surface area contributed by atoms with Crippen molar-refractivity contribution in [2.24, 2.45) is 0 Å². The molecule has 1 radical (unpaired) electrons. The van der Waals surface area contributed by atoms with E-state index in [1.54, 1.807) is 6.92 Å². The summed E-state index contributed by atoms with van der Waals surface area (Å²) in [6.45, 7) is 14.4. The molecule has 2 aliphatic rings. The Labute approximate surface area is 263 Å². The number of fused-ring (bicyclic) bond motifs is 3. The SMILES string of the molecule is CC(C)(C)N1c2ccccc2[Se]c2cc[c-]c(-c3ccc4c(n3)CCC4)c21.Cc1nc(C(=O)O)c(C)c(C)c1C.[Ir]. The summed E-state index contributed by atoms with van der Waals surface area (Å²) >= 11 is 0.300. The third-order valence-corrected chi connectivity index (χ3v) is 10.2. The molecular weight excluding hydrogens is 754 g/mol. The molecule has 1 aliphatic carbocycles. The van der Waals surface area contributed by atoms with Gasteiger partial charge in [0.05, 0.1) is 0 Å². The molecule has 41 heavy (non-hydrogen) atoms. The molecule has 0 saturated carbocycles. The maximum Gasteiger partial charge on any atom is 0.354 e. The Hall–Kier alpha value is -2.82. The summed E-state index contributed by atoms with van der Waals surface area (Å²) in [5.74, 6) is -0.955. The molecule has 3 heterocycles. The van der Waals surface area contributed by atoms with Gasteiger partial charge in [0.1, 0.15) is 0 Å². The molecule has 0 atom stereocenters. The van der Waals surface area contributed by atoms with E-state index in [1.807, 2.05) is 20.8 Å². The predicted octanol–water partition coefficient (Wildman–Crippen LogP) is 5.95. The Balaban J connectivity index is 0.000000236. The average Bonchev–Trinajstić information content (AvgIpc) is 3.40. The van der Waals surface area contributed by atoms with Crippen molar-refractivity contribution in [3.05, 3.63) is 93.9 Å². The molecule has 0 spiro atoms. The standard InChI is InChI=1S/C24H23N2Se.C10H13NO2.Ir/c1-24(2,3)26-20-11-4-5-12-21(20)27-22-13-7-9-17(23(22)26)19-15-14-16-8-6-10-18(16)25-19;1-5-6(2)8(4)11-9(7(5)3)10(12)13;/h4-5,7,11-15H,6,8,10H2,1-3H3;1-4H3,(H,12,13);/q-1;;. The van der Waals surface area contributed by atoms with Crippen molar-refractivity contribution in [2.45, 2.75) is 73.3 Å². The van der Waals surface area contributed by atoms with Gasteiger partial charge in [-0.1, -0.05) is 0 Å². The van der Waals surface area contributed by atoms with Crippen molar-refractivity contribution in [3.63, 3.8) is 0 Å². The normalized spacial score (nSPS) is 13.3. The Morgan fingerprint density at radius 3 is 2.37 bits per heavy atom. The molecule has 0 amide bonds. The second-order valence-electron chi connectivity index (χ2n) is 11.5. The van der Waals surface area contributed by atoms with Crippen LogP contribution in [0.3, 0.4) is 0 Å². The third-order valence-electron chi connectivity index (χ3n) is 7.84. The van der Waals surface area contributed by atoms with Crippen LogP contribution < -0.4 is 13.8 Å². The Bertz CT molecular complexity index is 1630. The molecule has 215 valence electrons. The zero-order valence-electron chi connectivity index (χ0n) is 24.7. The van der Waals surface area contributed by atoms with E-state index < -0.39 is 5.97 Å². The summed E-state index contributed by atoms with van der Waals surface area (Å²) in [7, 11) is 0. The number of aryl methyl sites for hydroxylation is 3. The van der Waals surface area contributed by atoms with Gasteiger partial charge in [0.2, 0.25) is 0 Å². The first kappa shape index (κ1) is 31.1. The summed E-state index contributed by atoms with van der Waals surface area (Å²) < 4.78 is 2.87.